The molecule has 0 radical (unpaired) electrons. The van der Waals surface area contributed by atoms with Crippen molar-refractivity contribution in [1.29, 1.82) is 0 Å². The Morgan fingerprint density at radius 2 is 2.14 bits per heavy atom. The molecular formula is C16H20FN3O. The van der Waals surface area contributed by atoms with Gasteiger partial charge in [0.15, 0.2) is 0 Å². The van der Waals surface area contributed by atoms with Crippen LogP contribution >= 0.6 is 0 Å². The summed E-state index contributed by atoms with van der Waals surface area (Å²) in [6, 6.07) is 8.23. The predicted octanol–water partition coefficient (Wildman–Crippen LogP) is 2.81. The van der Waals surface area contributed by atoms with Crippen molar-refractivity contribution in [3.63, 3.8) is 0 Å². The van der Waals surface area contributed by atoms with Crippen LogP contribution < -0.4 is 4.74 Å². The van der Waals surface area contributed by atoms with Crippen molar-refractivity contribution in [2.45, 2.75) is 18.8 Å². The molecule has 0 spiro atoms. The van der Waals surface area contributed by atoms with E-state index in [9.17, 15) is 4.39 Å². The van der Waals surface area contributed by atoms with Crippen LogP contribution in [0, 0.1) is 5.82 Å². The summed E-state index contributed by atoms with van der Waals surface area (Å²) in [7, 11) is 0. The number of rotatable bonds is 5. The Morgan fingerprint density at radius 1 is 1.29 bits per heavy atom. The topological polar surface area (TPSA) is 41.1 Å². The molecule has 2 aromatic rings. The third kappa shape index (κ3) is 3.82. The van der Waals surface area contributed by atoms with Crippen molar-refractivity contribution in [2.24, 2.45) is 0 Å². The van der Waals surface area contributed by atoms with Crippen LogP contribution in [0.15, 0.2) is 36.5 Å². The summed E-state index contributed by atoms with van der Waals surface area (Å²) in [5, 5.41) is 7.10. The molecule has 0 saturated carbocycles. The van der Waals surface area contributed by atoms with Crippen molar-refractivity contribution in [1.82, 2.24) is 15.1 Å². The first kappa shape index (κ1) is 14.1. The van der Waals surface area contributed by atoms with Gasteiger partial charge in [0.2, 0.25) is 0 Å². The number of likely N-dealkylation sites (tertiary alicyclic amines) is 1. The van der Waals surface area contributed by atoms with Crippen LogP contribution in [-0.2, 0) is 0 Å². The zero-order valence-electron chi connectivity index (χ0n) is 12.0. The van der Waals surface area contributed by atoms with Gasteiger partial charge in [-0.3, -0.25) is 10.00 Å². The minimum atomic E-state index is -0.235. The molecule has 1 aliphatic heterocycles. The van der Waals surface area contributed by atoms with Gasteiger partial charge >= 0.3 is 0 Å². The predicted molar refractivity (Wildman–Crippen MR) is 78.9 cm³/mol. The van der Waals surface area contributed by atoms with Gasteiger partial charge in [-0.05, 0) is 49.7 Å². The number of hydrogen-bond donors (Lipinski definition) is 1. The number of hydrogen-bond acceptors (Lipinski definition) is 3. The van der Waals surface area contributed by atoms with Crippen molar-refractivity contribution >= 4 is 0 Å². The SMILES string of the molecule is Fc1ccc(OCCN2CCC[C@H](c3ccn[nH]3)C2)cc1. The van der Waals surface area contributed by atoms with E-state index in [0.29, 0.717) is 12.5 Å². The van der Waals surface area contributed by atoms with Gasteiger partial charge in [0.05, 0.1) is 0 Å². The Labute approximate surface area is 123 Å². The fraction of sp³-hybridized carbons (Fsp3) is 0.438. The lowest BCUT2D eigenvalue weighted by Crippen LogP contribution is -2.37. The van der Waals surface area contributed by atoms with E-state index in [1.165, 1.54) is 30.7 Å². The van der Waals surface area contributed by atoms with Crippen LogP contribution in [0.4, 0.5) is 4.39 Å². The van der Waals surface area contributed by atoms with Gasteiger partial charge in [-0.1, -0.05) is 0 Å². The molecule has 0 amide bonds. The Morgan fingerprint density at radius 3 is 2.90 bits per heavy atom. The maximum absolute atomic E-state index is 12.8. The van der Waals surface area contributed by atoms with Gasteiger partial charge in [-0.2, -0.15) is 5.10 Å². The van der Waals surface area contributed by atoms with E-state index in [2.05, 4.69) is 21.2 Å². The molecule has 21 heavy (non-hydrogen) atoms. The molecule has 2 heterocycles. The Balaban J connectivity index is 1.46. The number of halogens is 1. The van der Waals surface area contributed by atoms with E-state index in [1.54, 1.807) is 12.1 Å². The highest BCUT2D eigenvalue weighted by atomic mass is 19.1. The average molecular weight is 289 g/mol. The minimum Gasteiger partial charge on any atom is -0.492 e. The van der Waals surface area contributed by atoms with Gasteiger partial charge in [-0.15, -0.1) is 0 Å². The first-order chi connectivity index (χ1) is 10.3. The van der Waals surface area contributed by atoms with Crippen LogP contribution in [0.3, 0.4) is 0 Å². The molecule has 1 N–H and O–H groups in total. The Kier molecular flexibility index (Phi) is 4.50. The standard InChI is InChI=1S/C16H20FN3O/c17-14-3-5-15(6-4-14)21-11-10-20-9-1-2-13(12-20)16-7-8-18-19-16/h3-8,13H,1-2,9-12H2,(H,18,19)/t13-/m0/s1. The molecule has 1 atom stereocenters. The van der Waals surface area contributed by atoms with Crippen LogP contribution in [0.5, 0.6) is 5.75 Å². The van der Waals surface area contributed by atoms with Gasteiger partial charge in [0.1, 0.15) is 18.2 Å². The molecule has 0 aliphatic carbocycles. The summed E-state index contributed by atoms with van der Waals surface area (Å²) < 4.78 is 18.5. The van der Waals surface area contributed by atoms with Crippen LogP contribution in [0.25, 0.3) is 0 Å². The van der Waals surface area contributed by atoms with Gasteiger partial charge < -0.3 is 4.74 Å². The molecule has 0 unspecified atom stereocenters. The molecule has 1 aromatic carbocycles. The van der Waals surface area contributed by atoms with E-state index in [4.69, 9.17) is 4.74 Å². The number of piperidine rings is 1. The lowest BCUT2D eigenvalue weighted by molar-refractivity contribution is 0.169. The number of aromatic nitrogens is 2. The largest absolute Gasteiger partial charge is 0.492 e. The maximum Gasteiger partial charge on any atom is 0.123 e. The van der Waals surface area contributed by atoms with Crippen molar-refractivity contribution in [3.05, 3.63) is 48.0 Å². The Hall–Kier alpha value is -1.88. The first-order valence-electron chi connectivity index (χ1n) is 7.41. The monoisotopic (exact) mass is 289 g/mol. The second kappa shape index (κ2) is 6.72. The van der Waals surface area contributed by atoms with Gasteiger partial charge in [0, 0.05) is 30.9 Å². The van der Waals surface area contributed by atoms with Crippen LogP contribution in [0.2, 0.25) is 0 Å². The van der Waals surface area contributed by atoms with E-state index in [-0.39, 0.29) is 5.82 Å². The van der Waals surface area contributed by atoms with E-state index >= 15 is 0 Å². The number of nitrogens with zero attached hydrogens (tertiary/aromatic N) is 2. The van der Waals surface area contributed by atoms with Crippen LogP contribution in [-0.4, -0.2) is 41.3 Å². The molecule has 0 bridgehead atoms. The summed E-state index contributed by atoms with van der Waals surface area (Å²) in [6.45, 7) is 3.66. The van der Waals surface area contributed by atoms with E-state index in [1.807, 2.05) is 6.20 Å². The van der Waals surface area contributed by atoms with E-state index < -0.39 is 0 Å². The second-order valence-corrected chi connectivity index (χ2v) is 5.45. The second-order valence-electron chi connectivity index (χ2n) is 5.45. The number of H-pyrrole nitrogens is 1. The fourth-order valence-electron chi connectivity index (χ4n) is 2.83. The highest BCUT2D eigenvalue weighted by molar-refractivity contribution is 5.22. The lowest BCUT2D eigenvalue weighted by Gasteiger charge is -2.32. The summed E-state index contributed by atoms with van der Waals surface area (Å²) in [6.07, 6.45) is 4.21. The molecule has 1 fully saturated rings. The molecule has 1 aromatic heterocycles. The number of benzene rings is 1. The summed E-state index contributed by atoms with van der Waals surface area (Å²) in [4.78, 5) is 2.42. The normalized spacial score (nSPS) is 19.6. The molecule has 3 rings (SSSR count). The van der Waals surface area contributed by atoms with Crippen molar-refractivity contribution in [2.75, 3.05) is 26.2 Å². The molecular weight excluding hydrogens is 269 g/mol. The first-order valence-corrected chi connectivity index (χ1v) is 7.41. The summed E-state index contributed by atoms with van der Waals surface area (Å²) in [5.41, 5.74) is 1.22. The highest BCUT2D eigenvalue weighted by Crippen LogP contribution is 2.24. The van der Waals surface area contributed by atoms with Crippen molar-refractivity contribution in [3.8, 4) is 5.75 Å². The fourth-order valence-corrected chi connectivity index (χ4v) is 2.83. The third-order valence-electron chi connectivity index (χ3n) is 3.96. The molecule has 112 valence electrons. The smallest absolute Gasteiger partial charge is 0.123 e. The average Bonchev–Trinajstić information content (AvgIpc) is 3.04. The van der Waals surface area contributed by atoms with Gasteiger partial charge in [0.25, 0.3) is 0 Å². The number of aromatic amines is 1. The zero-order valence-corrected chi connectivity index (χ0v) is 12.0. The van der Waals surface area contributed by atoms with E-state index in [0.717, 1.165) is 25.4 Å². The quantitative estimate of drug-likeness (QED) is 0.920. The Bertz CT molecular complexity index is 541. The summed E-state index contributed by atoms with van der Waals surface area (Å²) in [5.74, 6) is 1.02. The molecule has 5 heteroatoms. The highest BCUT2D eigenvalue weighted by Gasteiger charge is 2.21. The molecule has 1 saturated heterocycles. The molecule has 1 aliphatic rings. The van der Waals surface area contributed by atoms with Gasteiger partial charge in [-0.25, -0.2) is 4.39 Å². The lowest BCUT2D eigenvalue weighted by atomic mass is 9.95. The molecule has 4 nitrogen and oxygen atoms in total. The van der Waals surface area contributed by atoms with Crippen LogP contribution in [0.1, 0.15) is 24.5 Å². The number of nitrogens with one attached hydrogen (secondary N) is 1. The minimum absolute atomic E-state index is 0.235. The van der Waals surface area contributed by atoms with Crippen molar-refractivity contribution < 1.29 is 9.13 Å². The maximum atomic E-state index is 12.8. The summed E-state index contributed by atoms with van der Waals surface area (Å²) >= 11 is 0. The zero-order chi connectivity index (χ0) is 14.5. The number of ether oxygens (including phenoxy) is 1. The third-order valence-corrected chi connectivity index (χ3v) is 3.96.